The van der Waals surface area contributed by atoms with Crippen molar-refractivity contribution in [1.82, 2.24) is 10.2 Å². The summed E-state index contributed by atoms with van der Waals surface area (Å²) < 4.78 is 26.0. The van der Waals surface area contributed by atoms with E-state index in [0.29, 0.717) is 22.0 Å². The number of amides is 2. The number of halogens is 4. The Labute approximate surface area is 213 Å². The van der Waals surface area contributed by atoms with E-state index in [-0.39, 0.29) is 28.2 Å². The number of benzene rings is 2. The van der Waals surface area contributed by atoms with Gasteiger partial charge in [-0.1, -0.05) is 59.4 Å². The molecule has 0 bridgehead atoms. The number of carbonyl (C=O) groups is 2. The summed E-state index contributed by atoms with van der Waals surface area (Å²) >= 11 is 24.2. The third-order valence-corrected chi connectivity index (χ3v) is 7.10. The highest BCUT2D eigenvalue weighted by Crippen LogP contribution is 2.28. The Morgan fingerprint density at radius 3 is 2.09 bits per heavy atom. The number of likely N-dealkylation sites (N-methyl/N-ethyl adjacent to an activating group) is 1. The summed E-state index contributed by atoms with van der Waals surface area (Å²) in [7, 11) is -2.43. The van der Waals surface area contributed by atoms with Crippen LogP contribution >= 0.6 is 46.4 Å². The van der Waals surface area contributed by atoms with Crippen LogP contribution < -0.4 is 9.62 Å². The predicted molar refractivity (Wildman–Crippen MR) is 134 cm³/mol. The van der Waals surface area contributed by atoms with Crippen molar-refractivity contribution >= 4 is 73.9 Å². The van der Waals surface area contributed by atoms with Crippen LogP contribution in [-0.4, -0.2) is 51.0 Å². The maximum atomic E-state index is 13.4. The van der Waals surface area contributed by atoms with Crippen molar-refractivity contribution in [3.8, 4) is 0 Å². The minimum atomic E-state index is -3.89. The smallest absolute Gasteiger partial charge is 0.244 e. The molecule has 12 heteroatoms. The molecule has 0 spiro atoms. The summed E-state index contributed by atoms with van der Waals surface area (Å²) in [6.45, 7) is 1.19. The van der Waals surface area contributed by atoms with E-state index in [1.807, 2.05) is 0 Å². The van der Waals surface area contributed by atoms with E-state index in [2.05, 4.69) is 5.32 Å². The normalized spacial score (nSPS) is 12.2. The molecule has 1 N–H and O–H groups in total. The highest BCUT2D eigenvalue weighted by Gasteiger charge is 2.31. The Hall–Kier alpha value is -1.71. The Balaban J connectivity index is 2.48. The van der Waals surface area contributed by atoms with Gasteiger partial charge in [0, 0.05) is 23.6 Å². The van der Waals surface area contributed by atoms with Crippen LogP contribution in [0.15, 0.2) is 36.4 Å². The standard InChI is InChI=1S/C21H23Cl4N3O4S/c1-4-19(21(30)26-2)27(11-13-5-6-17(24)18(25)7-13)20(29)12-28(33(3,31)32)16-9-14(22)8-15(23)10-16/h5-10,19H,4,11-12H2,1-3H3,(H,26,30)/t19-/m0/s1. The summed E-state index contributed by atoms with van der Waals surface area (Å²) in [5.41, 5.74) is 0.752. The molecule has 0 saturated carbocycles. The van der Waals surface area contributed by atoms with Crippen LogP contribution in [0.25, 0.3) is 0 Å². The fraction of sp³-hybridized carbons (Fsp3) is 0.333. The van der Waals surface area contributed by atoms with Crippen LogP contribution in [0.3, 0.4) is 0 Å². The quantitative estimate of drug-likeness (QED) is 0.490. The summed E-state index contributed by atoms with van der Waals surface area (Å²) in [5.74, 6) is -0.985. The van der Waals surface area contributed by atoms with Gasteiger partial charge in [0.25, 0.3) is 0 Å². The fourth-order valence-electron chi connectivity index (χ4n) is 3.22. The lowest BCUT2D eigenvalue weighted by Gasteiger charge is -2.32. The molecule has 0 saturated heterocycles. The van der Waals surface area contributed by atoms with Crippen molar-refractivity contribution in [2.45, 2.75) is 25.9 Å². The van der Waals surface area contributed by atoms with Gasteiger partial charge in [-0.05, 0) is 42.3 Å². The predicted octanol–water partition coefficient (Wildman–Crippen LogP) is 4.62. The van der Waals surface area contributed by atoms with E-state index in [1.165, 1.54) is 30.1 Å². The molecule has 0 aliphatic rings. The van der Waals surface area contributed by atoms with Crippen molar-refractivity contribution in [2.24, 2.45) is 0 Å². The van der Waals surface area contributed by atoms with E-state index < -0.39 is 28.5 Å². The zero-order valence-corrected chi connectivity index (χ0v) is 22.0. The number of anilines is 1. The third kappa shape index (κ3) is 7.39. The van der Waals surface area contributed by atoms with Crippen molar-refractivity contribution in [3.63, 3.8) is 0 Å². The SMILES string of the molecule is CC[C@@H](C(=O)NC)N(Cc1ccc(Cl)c(Cl)c1)C(=O)CN(c1cc(Cl)cc(Cl)c1)S(C)(=O)=O. The van der Waals surface area contributed by atoms with Crippen LogP contribution in [0.5, 0.6) is 0 Å². The van der Waals surface area contributed by atoms with Gasteiger partial charge in [-0.15, -0.1) is 0 Å². The Bertz CT molecular complexity index is 1120. The van der Waals surface area contributed by atoms with Crippen LogP contribution in [0.2, 0.25) is 20.1 Å². The second-order valence-electron chi connectivity index (χ2n) is 7.21. The van der Waals surface area contributed by atoms with Crippen LogP contribution in [0.4, 0.5) is 5.69 Å². The molecule has 2 aromatic rings. The minimum absolute atomic E-state index is 0.00948. The first-order valence-electron chi connectivity index (χ1n) is 9.76. The van der Waals surface area contributed by atoms with Gasteiger partial charge >= 0.3 is 0 Å². The molecule has 180 valence electrons. The number of rotatable bonds is 9. The summed E-state index contributed by atoms with van der Waals surface area (Å²) in [6, 6.07) is 8.23. The third-order valence-electron chi connectivity index (χ3n) is 4.78. The average Bonchev–Trinajstić information content (AvgIpc) is 2.72. The van der Waals surface area contributed by atoms with Gasteiger partial charge in [0.15, 0.2) is 0 Å². The van der Waals surface area contributed by atoms with E-state index in [4.69, 9.17) is 46.4 Å². The number of carbonyl (C=O) groups excluding carboxylic acids is 2. The van der Waals surface area contributed by atoms with E-state index >= 15 is 0 Å². The lowest BCUT2D eigenvalue weighted by atomic mass is 10.1. The first-order valence-corrected chi connectivity index (χ1v) is 13.1. The van der Waals surface area contributed by atoms with Gasteiger partial charge in [0.2, 0.25) is 21.8 Å². The van der Waals surface area contributed by atoms with E-state index in [1.54, 1.807) is 25.1 Å². The monoisotopic (exact) mass is 553 g/mol. The zero-order chi connectivity index (χ0) is 24.9. The number of hydrogen-bond acceptors (Lipinski definition) is 4. The van der Waals surface area contributed by atoms with Crippen molar-refractivity contribution in [1.29, 1.82) is 0 Å². The molecular weight excluding hydrogens is 532 g/mol. The van der Waals surface area contributed by atoms with Crippen LogP contribution in [0, 0.1) is 0 Å². The summed E-state index contributed by atoms with van der Waals surface area (Å²) in [6.07, 6.45) is 1.27. The molecule has 2 amide bonds. The lowest BCUT2D eigenvalue weighted by Crippen LogP contribution is -2.51. The van der Waals surface area contributed by atoms with Gasteiger partial charge in [-0.2, -0.15) is 0 Å². The molecule has 0 unspecified atom stereocenters. The fourth-order valence-corrected chi connectivity index (χ4v) is 4.89. The molecule has 0 aliphatic heterocycles. The van der Waals surface area contributed by atoms with Crippen molar-refractivity contribution < 1.29 is 18.0 Å². The number of nitrogens with zero attached hydrogens (tertiary/aromatic N) is 2. The van der Waals surface area contributed by atoms with E-state index in [0.717, 1.165) is 10.6 Å². The minimum Gasteiger partial charge on any atom is -0.357 e. The Morgan fingerprint density at radius 1 is 1.00 bits per heavy atom. The number of hydrogen-bond donors (Lipinski definition) is 1. The van der Waals surface area contributed by atoms with Crippen LogP contribution in [-0.2, 0) is 26.2 Å². The topological polar surface area (TPSA) is 86.8 Å². The molecule has 33 heavy (non-hydrogen) atoms. The summed E-state index contributed by atoms with van der Waals surface area (Å²) in [5, 5.41) is 3.60. The average molecular weight is 555 g/mol. The van der Waals surface area contributed by atoms with Crippen molar-refractivity contribution in [3.05, 3.63) is 62.1 Å². The van der Waals surface area contributed by atoms with Gasteiger partial charge < -0.3 is 10.2 Å². The molecule has 0 radical (unpaired) electrons. The van der Waals surface area contributed by atoms with Crippen molar-refractivity contribution in [2.75, 3.05) is 24.2 Å². The molecule has 7 nitrogen and oxygen atoms in total. The molecule has 2 aromatic carbocycles. The molecular formula is C21H23Cl4N3O4S. The molecule has 0 aliphatic carbocycles. The van der Waals surface area contributed by atoms with E-state index in [9.17, 15) is 18.0 Å². The molecule has 2 rings (SSSR count). The second kappa shape index (κ2) is 11.6. The molecule has 0 aromatic heterocycles. The highest BCUT2D eigenvalue weighted by molar-refractivity contribution is 7.92. The molecule has 0 heterocycles. The van der Waals surface area contributed by atoms with Gasteiger partial charge in [0.05, 0.1) is 22.0 Å². The maximum absolute atomic E-state index is 13.4. The van der Waals surface area contributed by atoms with Gasteiger partial charge in [-0.3, -0.25) is 13.9 Å². The first kappa shape index (κ1) is 27.5. The number of sulfonamides is 1. The highest BCUT2D eigenvalue weighted by atomic mass is 35.5. The van der Waals surface area contributed by atoms with Gasteiger partial charge in [-0.25, -0.2) is 8.42 Å². The van der Waals surface area contributed by atoms with Gasteiger partial charge in [0.1, 0.15) is 12.6 Å². The zero-order valence-electron chi connectivity index (χ0n) is 18.1. The Kier molecular flexibility index (Phi) is 9.70. The second-order valence-corrected chi connectivity index (χ2v) is 10.8. The summed E-state index contributed by atoms with van der Waals surface area (Å²) in [4.78, 5) is 27.3. The molecule has 1 atom stereocenters. The first-order chi connectivity index (χ1) is 15.4. The molecule has 0 fully saturated rings. The van der Waals surface area contributed by atoms with Crippen LogP contribution in [0.1, 0.15) is 18.9 Å². The Morgan fingerprint density at radius 2 is 1.61 bits per heavy atom. The lowest BCUT2D eigenvalue weighted by molar-refractivity contribution is -0.140. The maximum Gasteiger partial charge on any atom is 0.244 e. The number of nitrogens with one attached hydrogen (secondary N) is 1. The largest absolute Gasteiger partial charge is 0.357 e.